The molecule has 1 fully saturated rings. The molecule has 1 aliphatic heterocycles. The van der Waals surface area contributed by atoms with E-state index in [1.54, 1.807) is 22.8 Å². The van der Waals surface area contributed by atoms with E-state index in [-0.39, 0.29) is 30.4 Å². The average Bonchev–Trinajstić information content (AvgIpc) is 3.18. The first-order valence-electron chi connectivity index (χ1n) is 9.30. The first-order valence-corrected chi connectivity index (χ1v) is 10.3. The van der Waals surface area contributed by atoms with Crippen LogP contribution in [-0.2, 0) is 16.0 Å². The van der Waals surface area contributed by atoms with E-state index >= 15 is 0 Å². The van der Waals surface area contributed by atoms with Crippen molar-refractivity contribution in [2.75, 3.05) is 18.9 Å². The number of rotatable bonds is 5. The van der Waals surface area contributed by atoms with Gasteiger partial charge in [-0.1, -0.05) is 49.0 Å². The summed E-state index contributed by atoms with van der Waals surface area (Å²) in [5.41, 5.74) is 2.13. The highest BCUT2D eigenvalue weighted by Gasteiger charge is 2.28. The van der Waals surface area contributed by atoms with Crippen molar-refractivity contribution in [3.05, 3.63) is 64.4 Å². The molecule has 1 aromatic heterocycles. The van der Waals surface area contributed by atoms with Gasteiger partial charge in [-0.15, -0.1) is 0 Å². The molecule has 7 nitrogen and oxygen atoms in total. The molecule has 0 radical (unpaired) electrons. The van der Waals surface area contributed by atoms with Crippen LogP contribution < -0.4 is 5.56 Å². The summed E-state index contributed by atoms with van der Waals surface area (Å²) in [6, 6.07) is 14.8. The fourth-order valence-corrected chi connectivity index (χ4v) is 4.16. The minimum atomic E-state index is -0.629. The molecule has 1 aliphatic rings. The number of carbonyl (C=O) groups excluding carboxylic acids is 2. The number of cyclic esters (lactones) is 1. The second-order valence-corrected chi connectivity index (χ2v) is 7.43. The van der Waals surface area contributed by atoms with Gasteiger partial charge in [-0.3, -0.25) is 14.2 Å². The maximum Gasteiger partial charge on any atom is 0.416 e. The normalized spacial score (nSPS) is 13.7. The number of aromatic nitrogens is 2. The van der Waals surface area contributed by atoms with Gasteiger partial charge in [0, 0.05) is 0 Å². The summed E-state index contributed by atoms with van der Waals surface area (Å²) < 4.78 is 6.38. The van der Waals surface area contributed by atoms with Crippen molar-refractivity contribution in [3.63, 3.8) is 0 Å². The van der Waals surface area contributed by atoms with E-state index in [1.807, 2.05) is 37.3 Å². The summed E-state index contributed by atoms with van der Waals surface area (Å²) in [5, 5.41) is 0.924. The monoisotopic (exact) mass is 409 g/mol. The molecular weight excluding hydrogens is 390 g/mol. The Hall–Kier alpha value is -3.13. The van der Waals surface area contributed by atoms with Crippen LogP contribution in [0.1, 0.15) is 12.5 Å². The van der Waals surface area contributed by atoms with E-state index in [0.717, 1.165) is 34.3 Å². The van der Waals surface area contributed by atoms with Crippen LogP contribution in [0.4, 0.5) is 4.79 Å². The molecule has 1 saturated heterocycles. The fourth-order valence-electron chi connectivity index (χ4n) is 3.27. The summed E-state index contributed by atoms with van der Waals surface area (Å²) in [7, 11) is 0. The van der Waals surface area contributed by atoms with Crippen molar-refractivity contribution < 1.29 is 14.3 Å². The number of hydrogen-bond acceptors (Lipinski definition) is 6. The number of aryl methyl sites for hydroxylation is 1. The van der Waals surface area contributed by atoms with Gasteiger partial charge in [0.1, 0.15) is 6.61 Å². The quantitative estimate of drug-likeness (QED) is 0.476. The second kappa shape index (κ2) is 8.08. The number of para-hydroxylation sites is 2. The van der Waals surface area contributed by atoms with E-state index in [1.165, 1.54) is 0 Å². The maximum absolute atomic E-state index is 13.3. The summed E-state index contributed by atoms with van der Waals surface area (Å²) in [6.07, 6.45) is 0.119. The van der Waals surface area contributed by atoms with Crippen LogP contribution in [0.25, 0.3) is 16.6 Å². The Bertz CT molecular complexity index is 1160. The molecule has 3 aromatic rings. The molecule has 0 aliphatic carbocycles. The number of carbonyl (C=O) groups is 2. The zero-order valence-corrected chi connectivity index (χ0v) is 16.6. The van der Waals surface area contributed by atoms with Crippen molar-refractivity contribution in [1.29, 1.82) is 0 Å². The largest absolute Gasteiger partial charge is 0.447 e. The van der Waals surface area contributed by atoms with Gasteiger partial charge in [-0.25, -0.2) is 14.7 Å². The number of amides is 2. The van der Waals surface area contributed by atoms with Crippen LogP contribution in [0.15, 0.2) is 58.5 Å². The lowest BCUT2D eigenvalue weighted by molar-refractivity contribution is -0.125. The number of benzene rings is 2. The maximum atomic E-state index is 13.3. The summed E-state index contributed by atoms with van der Waals surface area (Å²) in [5.74, 6) is -0.385. The van der Waals surface area contributed by atoms with E-state index in [2.05, 4.69) is 4.98 Å². The second-order valence-electron chi connectivity index (χ2n) is 6.48. The third-order valence-electron chi connectivity index (χ3n) is 4.74. The Balaban J connectivity index is 1.78. The lowest BCUT2D eigenvalue weighted by Crippen LogP contribution is -2.33. The fraction of sp³-hybridized carbons (Fsp3) is 0.238. The lowest BCUT2D eigenvalue weighted by Gasteiger charge is -2.16. The van der Waals surface area contributed by atoms with Crippen molar-refractivity contribution >= 4 is 34.7 Å². The van der Waals surface area contributed by atoms with Gasteiger partial charge in [-0.2, -0.15) is 0 Å². The molecule has 0 bridgehead atoms. The molecule has 0 spiro atoms. The molecule has 4 rings (SSSR count). The summed E-state index contributed by atoms with van der Waals surface area (Å²) >= 11 is 1.14. The Morgan fingerprint density at radius 2 is 1.90 bits per heavy atom. The van der Waals surface area contributed by atoms with Crippen molar-refractivity contribution in [2.45, 2.75) is 18.5 Å². The van der Waals surface area contributed by atoms with Crippen LogP contribution >= 0.6 is 11.8 Å². The molecule has 2 aromatic carbocycles. The lowest BCUT2D eigenvalue weighted by atomic mass is 10.1. The highest BCUT2D eigenvalue weighted by Crippen LogP contribution is 2.24. The van der Waals surface area contributed by atoms with E-state index in [4.69, 9.17) is 4.74 Å². The van der Waals surface area contributed by atoms with Crippen LogP contribution in [0, 0.1) is 0 Å². The SMILES string of the molecule is CCc1ccccc1-n1c(SCC(=O)N2CCOC2=O)nc2ccccc2c1=O. The minimum absolute atomic E-state index is 0.0197. The topological polar surface area (TPSA) is 81.5 Å². The molecule has 0 saturated carbocycles. The van der Waals surface area contributed by atoms with Gasteiger partial charge in [0.2, 0.25) is 5.91 Å². The third-order valence-corrected chi connectivity index (χ3v) is 5.67. The summed E-state index contributed by atoms with van der Waals surface area (Å²) in [4.78, 5) is 43.1. The minimum Gasteiger partial charge on any atom is -0.447 e. The zero-order valence-electron chi connectivity index (χ0n) is 15.8. The summed E-state index contributed by atoms with van der Waals surface area (Å²) in [6.45, 7) is 2.47. The van der Waals surface area contributed by atoms with E-state index < -0.39 is 6.09 Å². The Kier molecular flexibility index (Phi) is 5.35. The molecule has 0 unspecified atom stereocenters. The number of ether oxygens (including phenoxy) is 1. The van der Waals surface area contributed by atoms with E-state index in [0.29, 0.717) is 16.1 Å². The van der Waals surface area contributed by atoms with E-state index in [9.17, 15) is 14.4 Å². The zero-order chi connectivity index (χ0) is 20.4. The smallest absolute Gasteiger partial charge is 0.416 e. The predicted octanol–water partition coefficient (Wildman–Crippen LogP) is 3.02. The van der Waals surface area contributed by atoms with Gasteiger partial charge in [0.25, 0.3) is 5.56 Å². The Morgan fingerprint density at radius 3 is 2.66 bits per heavy atom. The standard InChI is InChI=1S/C21H19N3O4S/c1-2-14-7-3-6-10-17(14)24-19(26)15-8-4-5-9-16(15)22-20(24)29-13-18(25)23-11-12-28-21(23)27/h3-10H,2,11-13H2,1H3. The van der Waals surface area contributed by atoms with Crippen LogP contribution in [-0.4, -0.2) is 45.4 Å². The Labute approximate surface area is 171 Å². The van der Waals surface area contributed by atoms with Gasteiger partial charge < -0.3 is 4.74 Å². The van der Waals surface area contributed by atoms with Gasteiger partial charge >= 0.3 is 6.09 Å². The Morgan fingerprint density at radius 1 is 1.14 bits per heavy atom. The number of thioether (sulfide) groups is 1. The highest BCUT2D eigenvalue weighted by molar-refractivity contribution is 7.99. The van der Waals surface area contributed by atoms with Crippen molar-refractivity contribution in [3.8, 4) is 5.69 Å². The molecule has 148 valence electrons. The molecule has 8 heteroatoms. The van der Waals surface area contributed by atoms with Crippen LogP contribution in [0.2, 0.25) is 0 Å². The van der Waals surface area contributed by atoms with Crippen molar-refractivity contribution in [2.24, 2.45) is 0 Å². The number of hydrogen-bond donors (Lipinski definition) is 0. The highest BCUT2D eigenvalue weighted by atomic mass is 32.2. The third kappa shape index (κ3) is 3.63. The number of nitrogens with zero attached hydrogens (tertiary/aromatic N) is 3. The van der Waals surface area contributed by atoms with Crippen LogP contribution in [0.3, 0.4) is 0 Å². The molecule has 29 heavy (non-hydrogen) atoms. The number of fused-ring (bicyclic) bond motifs is 1. The molecule has 2 amide bonds. The molecular formula is C21H19N3O4S. The average molecular weight is 409 g/mol. The first kappa shape index (κ1) is 19.2. The molecule has 2 heterocycles. The van der Waals surface area contributed by atoms with Gasteiger partial charge in [0.15, 0.2) is 5.16 Å². The molecule has 0 N–H and O–H groups in total. The van der Waals surface area contributed by atoms with Gasteiger partial charge in [0.05, 0.1) is 28.9 Å². The van der Waals surface area contributed by atoms with Gasteiger partial charge in [-0.05, 0) is 30.2 Å². The first-order chi connectivity index (χ1) is 14.1. The number of imide groups is 1. The molecule has 0 atom stereocenters. The van der Waals surface area contributed by atoms with Crippen molar-refractivity contribution in [1.82, 2.24) is 14.5 Å². The predicted molar refractivity (Wildman–Crippen MR) is 111 cm³/mol. The van der Waals surface area contributed by atoms with Crippen LogP contribution in [0.5, 0.6) is 0 Å².